The molecule has 0 amide bonds. The third-order valence-electron chi connectivity index (χ3n) is 5.17. The number of furan rings is 1. The molecule has 0 unspecified atom stereocenters. The van der Waals surface area contributed by atoms with Gasteiger partial charge in [0.15, 0.2) is 10.9 Å². The van der Waals surface area contributed by atoms with Crippen LogP contribution in [0.1, 0.15) is 57.5 Å². The molecule has 1 atom stereocenters. The van der Waals surface area contributed by atoms with Crippen LogP contribution in [0.3, 0.4) is 0 Å². The predicted octanol–water partition coefficient (Wildman–Crippen LogP) is 2.22. The van der Waals surface area contributed by atoms with E-state index in [0.29, 0.717) is 35.8 Å². The van der Waals surface area contributed by atoms with Crippen molar-refractivity contribution < 1.29 is 14.4 Å². The average Bonchev–Trinajstić information content (AvgIpc) is 2.94. The summed E-state index contributed by atoms with van der Waals surface area (Å²) in [6, 6.07) is 3.56. The molecular formula is C17H25N5O3S. The molecule has 9 heteroatoms. The summed E-state index contributed by atoms with van der Waals surface area (Å²) in [4.78, 5) is 0. The van der Waals surface area contributed by atoms with Gasteiger partial charge in [-0.2, -0.15) is 9.84 Å². The summed E-state index contributed by atoms with van der Waals surface area (Å²) in [5, 5.41) is 30.2. The smallest absolute Gasteiger partial charge is 0.292 e. The molecule has 0 radical (unpaired) electrons. The van der Waals surface area contributed by atoms with E-state index in [4.69, 9.17) is 22.4 Å². The van der Waals surface area contributed by atoms with Crippen LogP contribution in [0.25, 0.3) is 0 Å². The summed E-state index contributed by atoms with van der Waals surface area (Å²) in [7, 11) is 0. The van der Waals surface area contributed by atoms with E-state index in [-0.39, 0.29) is 5.11 Å². The number of nitrogens with two attached hydrogens (primary N) is 1. The summed E-state index contributed by atoms with van der Waals surface area (Å²) >= 11 is 4.84. The normalized spacial score (nSPS) is 27.9. The quantitative estimate of drug-likeness (QED) is 0.312. The number of rotatable bonds is 2. The maximum atomic E-state index is 13.6. The van der Waals surface area contributed by atoms with E-state index in [0.717, 1.165) is 29.1 Å². The number of hydrogen-bond donors (Lipinski definition) is 3. The van der Waals surface area contributed by atoms with Gasteiger partial charge in [-0.15, -0.1) is 5.06 Å². The van der Waals surface area contributed by atoms with Crippen LogP contribution in [-0.4, -0.2) is 42.7 Å². The zero-order chi connectivity index (χ0) is 19.1. The van der Waals surface area contributed by atoms with Crippen molar-refractivity contribution in [1.29, 1.82) is 0 Å². The molecule has 1 aliphatic carbocycles. The van der Waals surface area contributed by atoms with Gasteiger partial charge in [-0.1, -0.05) is 6.42 Å². The van der Waals surface area contributed by atoms with E-state index in [1.54, 1.807) is 26.0 Å². The molecule has 1 aromatic heterocycles. The Morgan fingerprint density at radius 3 is 2.77 bits per heavy atom. The zero-order valence-corrected chi connectivity index (χ0v) is 16.1. The van der Waals surface area contributed by atoms with Gasteiger partial charge in [0.05, 0.1) is 0 Å². The van der Waals surface area contributed by atoms with E-state index >= 15 is 0 Å². The molecule has 2 heterocycles. The minimum Gasteiger partial charge on any atom is -0.622 e. The number of hydroxylamine groups is 3. The van der Waals surface area contributed by atoms with Gasteiger partial charge in [-0.25, -0.2) is 0 Å². The summed E-state index contributed by atoms with van der Waals surface area (Å²) in [5.41, 5.74) is 6.71. The Morgan fingerprint density at radius 1 is 1.42 bits per heavy atom. The standard InChI is InChI=1S/C17H25N5O3S/c1-11-8-9-12(25-11)14-16(2,3)22(24)17(21(14)23)10-6-4-5-7-13(17)19-20-15(18)26/h8-9,24H,4-7,10H2,1-3H3,(H3,18,20,26)/b19-13-/t17-/m1/s1. The van der Waals surface area contributed by atoms with Crippen LogP contribution in [0.4, 0.5) is 0 Å². The van der Waals surface area contributed by atoms with Gasteiger partial charge in [0.2, 0.25) is 0 Å². The third kappa shape index (κ3) is 2.80. The minimum absolute atomic E-state index is 0.0157. The predicted molar refractivity (Wildman–Crippen MR) is 102 cm³/mol. The maximum absolute atomic E-state index is 13.6. The first-order chi connectivity index (χ1) is 12.2. The summed E-state index contributed by atoms with van der Waals surface area (Å²) in [5.74, 6) is 1.15. The second kappa shape index (κ2) is 6.64. The number of aryl methyl sites for hydroxylation is 1. The van der Waals surface area contributed by atoms with Crippen molar-refractivity contribution in [2.45, 2.75) is 64.1 Å². The van der Waals surface area contributed by atoms with E-state index < -0.39 is 11.2 Å². The molecule has 26 heavy (non-hydrogen) atoms. The van der Waals surface area contributed by atoms with Gasteiger partial charge in [-0.3, -0.25) is 5.43 Å². The van der Waals surface area contributed by atoms with Crippen molar-refractivity contribution in [1.82, 2.24) is 10.5 Å². The lowest BCUT2D eigenvalue weighted by molar-refractivity contribution is -0.567. The molecule has 1 aromatic rings. The Balaban J connectivity index is 2.20. The number of hydrazone groups is 1. The Morgan fingerprint density at radius 2 is 2.15 bits per heavy atom. The second-order valence-electron chi connectivity index (χ2n) is 7.34. The first-order valence-electron chi connectivity index (χ1n) is 8.74. The van der Waals surface area contributed by atoms with E-state index in [2.05, 4.69) is 10.5 Å². The van der Waals surface area contributed by atoms with Crippen LogP contribution in [0.2, 0.25) is 0 Å². The Bertz CT molecular complexity index is 785. The van der Waals surface area contributed by atoms with Crippen molar-refractivity contribution in [3.05, 3.63) is 28.9 Å². The molecule has 4 N–H and O–H groups in total. The first-order valence-corrected chi connectivity index (χ1v) is 9.15. The molecule has 1 aliphatic heterocycles. The van der Waals surface area contributed by atoms with Gasteiger partial charge in [-0.05, 0) is 64.4 Å². The van der Waals surface area contributed by atoms with Crippen molar-refractivity contribution in [2.24, 2.45) is 10.8 Å². The first kappa shape index (κ1) is 18.8. The van der Waals surface area contributed by atoms with Gasteiger partial charge in [0.1, 0.15) is 17.0 Å². The lowest BCUT2D eigenvalue weighted by Crippen LogP contribution is -2.59. The van der Waals surface area contributed by atoms with E-state index in [1.165, 1.54) is 0 Å². The molecular weight excluding hydrogens is 354 g/mol. The Labute approximate surface area is 157 Å². The van der Waals surface area contributed by atoms with Crippen molar-refractivity contribution in [2.75, 3.05) is 0 Å². The fourth-order valence-electron chi connectivity index (χ4n) is 3.95. The van der Waals surface area contributed by atoms with Crippen LogP contribution in [0.5, 0.6) is 0 Å². The largest absolute Gasteiger partial charge is 0.622 e. The fraction of sp³-hybridized carbons (Fsp3) is 0.588. The van der Waals surface area contributed by atoms with E-state index in [9.17, 15) is 10.4 Å². The molecule has 1 spiro atoms. The van der Waals surface area contributed by atoms with Gasteiger partial charge >= 0.3 is 0 Å². The SMILES string of the molecule is Cc1ccc(C2=[N+]([O-])[C@]3(CCCCC/C3=N/NC(N)=S)N(O)C2(C)C)o1. The molecule has 0 aromatic carbocycles. The highest BCUT2D eigenvalue weighted by molar-refractivity contribution is 7.80. The molecule has 142 valence electrons. The Kier molecular flexibility index (Phi) is 4.80. The number of hydrogen-bond acceptors (Lipinski definition) is 6. The third-order valence-corrected chi connectivity index (χ3v) is 5.27. The summed E-state index contributed by atoms with van der Waals surface area (Å²) < 4.78 is 6.57. The summed E-state index contributed by atoms with van der Waals surface area (Å²) in [6.45, 7) is 5.41. The van der Waals surface area contributed by atoms with Crippen LogP contribution in [0, 0.1) is 12.1 Å². The fourth-order valence-corrected chi connectivity index (χ4v) is 3.99. The minimum atomic E-state index is -1.31. The molecule has 8 nitrogen and oxygen atoms in total. The van der Waals surface area contributed by atoms with Gasteiger partial charge < -0.3 is 20.6 Å². The highest BCUT2D eigenvalue weighted by Crippen LogP contribution is 2.42. The maximum Gasteiger partial charge on any atom is 0.292 e. The van der Waals surface area contributed by atoms with Crippen LogP contribution in [-0.2, 0) is 0 Å². The van der Waals surface area contributed by atoms with Crippen molar-refractivity contribution in [3.8, 4) is 0 Å². The number of nitrogens with one attached hydrogen (secondary N) is 1. The highest BCUT2D eigenvalue weighted by atomic mass is 32.1. The molecule has 0 bridgehead atoms. The zero-order valence-electron chi connectivity index (χ0n) is 15.3. The number of thiocarbonyl (C=S) groups is 1. The van der Waals surface area contributed by atoms with E-state index in [1.807, 2.05) is 6.92 Å². The monoisotopic (exact) mass is 379 g/mol. The molecule has 3 rings (SSSR count). The van der Waals surface area contributed by atoms with Gasteiger partial charge in [0, 0.05) is 6.42 Å². The molecule has 0 saturated heterocycles. The lowest BCUT2D eigenvalue weighted by atomic mass is 9.94. The summed E-state index contributed by atoms with van der Waals surface area (Å²) in [6.07, 6.45) is 3.62. The van der Waals surface area contributed by atoms with Crippen molar-refractivity contribution in [3.63, 3.8) is 0 Å². The molecule has 2 aliphatic rings. The topological polar surface area (TPSA) is 113 Å². The van der Waals surface area contributed by atoms with Gasteiger partial charge in [0.25, 0.3) is 11.4 Å². The lowest BCUT2D eigenvalue weighted by Gasteiger charge is -2.35. The Hall–Kier alpha value is -1.97. The number of nitrogens with zero attached hydrogens (tertiary/aromatic N) is 3. The van der Waals surface area contributed by atoms with Crippen molar-refractivity contribution >= 4 is 28.8 Å². The average molecular weight is 379 g/mol. The molecule has 1 saturated carbocycles. The molecule has 1 fully saturated rings. The van der Waals surface area contributed by atoms with Crippen LogP contribution >= 0.6 is 12.2 Å². The highest BCUT2D eigenvalue weighted by Gasteiger charge is 2.65. The van der Waals surface area contributed by atoms with Crippen LogP contribution < -0.4 is 11.2 Å². The second-order valence-corrected chi connectivity index (χ2v) is 7.78. The van der Waals surface area contributed by atoms with Crippen LogP contribution in [0.15, 0.2) is 21.7 Å².